The van der Waals surface area contributed by atoms with Crippen molar-refractivity contribution in [2.75, 3.05) is 6.54 Å². The van der Waals surface area contributed by atoms with Gasteiger partial charge in [0.15, 0.2) is 0 Å². The maximum absolute atomic E-state index is 10.4. The number of rotatable bonds is 5. The van der Waals surface area contributed by atoms with Crippen molar-refractivity contribution in [1.29, 1.82) is 0 Å². The van der Waals surface area contributed by atoms with Gasteiger partial charge in [0.2, 0.25) is 0 Å². The molecule has 2 aliphatic carbocycles. The van der Waals surface area contributed by atoms with Gasteiger partial charge >= 0.3 is 0 Å². The van der Waals surface area contributed by atoms with Crippen LogP contribution >= 0.6 is 11.6 Å². The smallest absolute Gasteiger partial charge is 0.0951 e. The van der Waals surface area contributed by atoms with E-state index in [1.165, 1.54) is 0 Å². The van der Waals surface area contributed by atoms with E-state index in [2.05, 4.69) is 5.32 Å². The lowest BCUT2D eigenvalue weighted by atomic mass is 9.94. The van der Waals surface area contributed by atoms with Crippen molar-refractivity contribution in [3.63, 3.8) is 0 Å². The molecule has 2 saturated carbocycles. The molecule has 0 radical (unpaired) electrons. The first kappa shape index (κ1) is 14.3. The van der Waals surface area contributed by atoms with Gasteiger partial charge < -0.3 is 15.5 Å². The van der Waals surface area contributed by atoms with Crippen molar-refractivity contribution in [1.82, 2.24) is 5.32 Å². The van der Waals surface area contributed by atoms with Crippen molar-refractivity contribution >= 4 is 11.6 Å². The van der Waals surface area contributed by atoms with Crippen LogP contribution in [0.15, 0.2) is 24.3 Å². The lowest BCUT2D eigenvalue weighted by molar-refractivity contribution is -0.0693. The first-order chi connectivity index (χ1) is 9.56. The quantitative estimate of drug-likeness (QED) is 0.782. The third kappa shape index (κ3) is 2.60. The number of aliphatic hydroxyl groups is 2. The monoisotopic (exact) mass is 295 g/mol. The second kappa shape index (κ2) is 5.30. The Morgan fingerprint density at radius 3 is 2.40 bits per heavy atom. The molecule has 20 heavy (non-hydrogen) atoms. The zero-order valence-corrected chi connectivity index (χ0v) is 12.4. The highest BCUT2D eigenvalue weighted by molar-refractivity contribution is 6.31. The Morgan fingerprint density at radius 2 is 1.80 bits per heavy atom. The van der Waals surface area contributed by atoms with E-state index < -0.39 is 11.7 Å². The molecular weight excluding hydrogens is 274 g/mol. The van der Waals surface area contributed by atoms with Crippen LogP contribution in [0.25, 0.3) is 0 Å². The zero-order valence-electron chi connectivity index (χ0n) is 11.6. The highest BCUT2D eigenvalue weighted by Crippen LogP contribution is 2.48. The van der Waals surface area contributed by atoms with Gasteiger partial charge in [-0.25, -0.2) is 0 Å². The summed E-state index contributed by atoms with van der Waals surface area (Å²) in [5, 5.41) is 24.9. The molecule has 0 saturated heterocycles. The van der Waals surface area contributed by atoms with Crippen molar-refractivity contribution in [3.8, 4) is 0 Å². The van der Waals surface area contributed by atoms with Crippen LogP contribution in [0.3, 0.4) is 0 Å². The summed E-state index contributed by atoms with van der Waals surface area (Å²) in [6, 6.07) is 7.86. The van der Waals surface area contributed by atoms with Crippen LogP contribution in [0.1, 0.15) is 44.1 Å². The van der Waals surface area contributed by atoms with Crippen molar-refractivity contribution in [2.24, 2.45) is 0 Å². The minimum absolute atomic E-state index is 0.103. The second-order valence-corrected chi connectivity index (χ2v) is 6.68. The molecule has 0 bridgehead atoms. The standard InChI is InChI=1S/C16H22ClNO2/c17-13-6-2-1-5-12(13)15(9-10-15)18-11-14(19)16(20)7-3-4-8-16/h1-2,5-6,14,18-20H,3-4,7-11H2. The maximum atomic E-state index is 10.4. The summed E-state index contributed by atoms with van der Waals surface area (Å²) in [5.74, 6) is 0. The van der Waals surface area contributed by atoms with Crippen LogP contribution in [-0.2, 0) is 5.54 Å². The Hall–Kier alpha value is -0.610. The van der Waals surface area contributed by atoms with E-state index in [0.717, 1.165) is 36.3 Å². The van der Waals surface area contributed by atoms with E-state index in [0.29, 0.717) is 19.4 Å². The molecule has 2 aliphatic rings. The van der Waals surface area contributed by atoms with Gasteiger partial charge in [-0.05, 0) is 37.3 Å². The summed E-state index contributed by atoms with van der Waals surface area (Å²) in [7, 11) is 0. The predicted molar refractivity (Wildman–Crippen MR) is 79.8 cm³/mol. The van der Waals surface area contributed by atoms with Crippen molar-refractivity contribution < 1.29 is 10.2 Å². The molecule has 3 rings (SSSR count). The molecule has 0 aromatic heterocycles. The molecule has 2 fully saturated rings. The van der Waals surface area contributed by atoms with Gasteiger partial charge in [-0.1, -0.05) is 42.6 Å². The maximum Gasteiger partial charge on any atom is 0.0951 e. The second-order valence-electron chi connectivity index (χ2n) is 6.27. The topological polar surface area (TPSA) is 52.5 Å². The molecule has 1 aromatic rings. The average Bonchev–Trinajstić information content (AvgIpc) is 3.10. The number of benzene rings is 1. The summed E-state index contributed by atoms with van der Waals surface area (Å²) in [4.78, 5) is 0. The van der Waals surface area contributed by atoms with Gasteiger partial charge in [-0.2, -0.15) is 0 Å². The minimum atomic E-state index is -0.899. The fraction of sp³-hybridized carbons (Fsp3) is 0.625. The van der Waals surface area contributed by atoms with E-state index >= 15 is 0 Å². The fourth-order valence-electron chi connectivity index (χ4n) is 3.32. The molecule has 1 atom stereocenters. The molecule has 1 unspecified atom stereocenters. The molecule has 0 aliphatic heterocycles. The summed E-state index contributed by atoms with van der Waals surface area (Å²) in [6.45, 7) is 0.418. The number of nitrogens with one attached hydrogen (secondary N) is 1. The molecule has 0 heterocycles. The van der Waals surface area contributed by atoms with Gasteiger partial charge in [-0.15, -0.1) is 0 Å². The lowest BCUT2D eigenvalue weighted by Crippen LogP contribution is -2.48. The van der Waals surface area contributed by atoms with Gasteiger partial charge in [0.25, 0.3) is 0 Å². The average molecular weight is 296 g/mol. The molecule has 3 N–H and O–H groups in total. The fourth-order valence-corrected chi connectivity index (χ4v) is 3.63. The van der Waals surface area contributed by atoms with Gasteiger partial charge in [0.1, 0.15) is 0 Å². The van der Waals surface area contributed by atoms with Crippen LogP contribution in [0, 0.1) is 0 Å². The molecule has 0 spiro atoms. The first-order valence-electron chi connectivity index (χ1n) is 7.46. The van der Waals surface area contributed by atoms with Crippen LogP contribution in [0.4, 0.5) is 0 Å². The molecule has 4 heteroatoms. The molecule has 0 amide bonds. The van der Waals surface area contributed by atoms with Crippen LogP contribution in [0.5, 0.6) is 0 Å². The normalized spacial score (nSPS) is 24.6. The van der Waals surface area contributed by atoms with Gasteiger partial charge in [-0.3, -0.25) is 0 Å². The molecular formula is C16H22ClNO2. The van der Waals surface area contributed by atoms with Crippen molar-refractivity contribution in [2.45, 2.75) is 55.8 Å². The number of aliphatic hydroxyl groups excluding tert-OH is 1. The van der Waals surface area contributed by atoms with E-state index in [1.54, 1.807) is 0 Å². The van der Waals surface area contributed by atoms with Crippen LogP contribution in [0.2, 0.25) is 5.02 Å². The van der Waals surface area contributed by atoms with E-state index in [-0.39, 0.29) is 5.54 Å². The van der Waals surface area contributed by atoms with E-state index in [1.807, 2.05) is 24.3 Å². The van der Waals surface area contributed by atoms with Crippen molar-refractivity contribution in [3.05, 3.63) is 34.9 Å². The largest absolute Gasteiger partial charge is 0.389 e. The SMILES string of the molecule is OC(CNC1(c2ccccc2Cl)CC1)C1(O)CCCC1. The minimum Gasteiger partial charge on any atom is -0.389 e. The molecule has 110 valence electrons. The summed E-state index contributed by atoms with van der Waals surface area (Å²) >= 11 is 6.27. The Labute approximate surface area is 125 Å². The third-order valence-corrected chi connectivity index (χ3v) is 5.19. The Kier molecular flexibility index (Phi) is 3.80. The van der Waals surface area contributed by atoms with Crippen LogP contribution < -0.4 is 5.32 Å². The number of halogens is 1. The van der Waals surface area contributed by atoms with E-state index in [9.17, 15) is 10.2 Å². The lowest BCUT2D eigenvalue weighted by Gasteiger charge is -2.30. The first-order valence-corrected chi connectivity index (χ1v) is 7.84. The molecule has 3 nitrogen and oxygen atoms in total. The molecule has 1 aromatic carbocycles. The summed E-state index contributed by atoms with van der Waals surface area (Å²) < 4.78 is 0. The highest BCUT2D eigenvalue weighted by atomic mass is 35.5. The summed E-state index contributed by atoms with van der Waals surface area (Å²) in [6.07, 6.45) is 4.77. The summed E-state index contributed by atoms with van der Waals surface area (Å²) in [5.41, 5.74) is 0.102. The van der Waals surface area contributed by atoms with Gasteiger partial charge in [0.05, 0.1) is 11.7 Å². The third-order valence-electron chi connectivity index (χ3n) is 4.86. The van der Waals surface area contributed by atoms with Crippen LogP contribution in [-0.4, -0.2) is 28.5 Å². The zero-order chi connectivity index (χ0) is 14.2. The van der Waals surface area contributed by atoms with E-state index in [4.69, 9.17) is 11.6 Å². The Morgan fingerprint density at radius 1 is 1.15 bits per heavy atom. The highest BCUT2D eigenvalue weighted by Gasteiger charge is 2.47. The Balaban J connectivity index is 1.65. The van der Waals surface area contributed by atoms with Gasteiger partial charge in [0, 0.05) is 17.1 Å². The number of hydrogen-bond donors (Lipinski definition) is 3. The predicted octanol–water partition coefficient (Wildman–Crippen LogP) is 2.58. The number of hydrogen-bond acceptors (Lipinski definition) is 3. The Bertz CT molecular complexity index is 481.